The van der Waals surface area contributed by atoms with Crippen LogP contribution in [0.25, 0.3) is 10.4 Å². The normalized spacial score (nSPS) is 13.4. The summed E-state index contributed by atoms with van der Waals surface area (Å²) in [5.74, 6) is 0.187. The lowest BCUT2D eigenvalue weighted by Gasteiger charge is -2.18. The number of hydrogen-bond donors (Lipinski definition) is 0. The van der Waals surface area contributed by atoms with Crippen LogP contribution in [-0.4, -0.2) is 19.4 Å². The maximum Gasteiger partial charge on any atom is 0.153 e. The number of sulfone groups is 1. The average molecular weight is 516 g/mol. The topological polar surface area (TPSA) is 57.9 Å². The molecular formula is C30H45NO2S2. The van der Waals surface area contributed by atoms with Gasteiger partial charge in [0.15, 0.2) is 9.84 Å². The van der Waals surface area contributed by atoms with E-state index in [4.69, 9.17) is 0 Å². The lowest BCUT2D eigenvalue weighted by atomic mass is 9.89. The molecule has 0 radical (unpaired) electrons. The van der Waals surface area contributed by atoms with Gasteiger partial charge < -0.3 is 0 Å². The van der Waals surface area contributed by atoms with Crippen LogP contribution >= 0.6 is 11.3 Å². The minimum absolute atomic E-state index is 0.149. The van der Waals surface area contributed by atoms with Crippen molar-refractivity contribution in [1.82, 2.24) is 0 Å². The number of thiophene rings is 1. The van der Waals surface area contributed by atoms with Crippen molar-refractivity contribution in [3.63, 3.8) is 0 Å². The van der Waals surface area contributed by atoms with Crippen LogP contribution in [0.15, 0.2) is 35.7 Å². The Morgan fingerprint density at radius 2 is 1.57 bits per heavy atom. The molecule has 2 unspecified atom stereocenters. The lowest BCUT2D eigenvalue weighted by molar-refractivity contribution is 0.524. The molecule has 0 fully saturated rings. The van der Waals surface area contributed by atoms with Crippen molar-refractivity contribution in [3.8, 4) is 16.5 Å². The first-order chi connectivity index (χ1) is 16.9. The third-order valence-corrected chi connectivity index (χ3v) is 10.3. The van der Waals surface area contributed by atoms with E-state index in [1.165, 1.54) is 29.7 Å². The Kier molecular flexibility index (Phi) is 13.7. The monoisotopic (exact) mass is 515 g/mol. The first-order valence-electron chi connectivity index (χ1n) is 13.7. The molecule has 0 aliphatic heterocycles. The molecule has 0 aliphatic carbocycles. The predicted molar refractivity (Wildman–Crippen MR) is 152 cm³/mol. The van der Waals surface area contributed by atoms with Crippen LogP contribution in [0.2, 0.25) is 0 Å². The van der Waals surface area contributed by atoms with E-state index in [-0.39, 0.29) is 11.2 Å². The molecule has 2 rings (SSSR count). The van der Waals surface area contributed by atoms with Gasteiger partial charge in [0.25, 0.3) is 0 Å². The molecule has 1 aromatic carbocycles. The quantitative estimate of drug-likeness (QED) is 0.186. The first kappa shape index (κ1) is 29.6. The fourth-order valence-electron chi connectivity index (χ4n) is 4.81. The number of rotatable bonds is 18. The van der Waals surface area contributed by atoms with Crippen molar-refractivity contribution >= 4 is 21.2 Å². The van der Waals surface area contributed by atoms with Crippen molar-refractivity contribution < 1.29 is 8.42 Å². The highest BCUT2D eigenvalue weighted by Gasteiger charge is 2.24. The minimum atomic E-state index is -3.05. The third-order valence-electron chi connectivity index (χ3n) is 7.06. The molecule has 0 saturated heterocycles. The highest BCUT2D eigenvalue weighted by atomic mass is 32.2. The van der Waals surface area contributed by atoms with Gasteiger partial charge >= 0.3 is 0 Å². The summed E-state index contributed by atoms with van der Waals surface area (Å²) in [4.78, 5) is 1.22. The molecule has 2 atom stereocenters. The zero-order valence-corrected chi connectivity index (χ0v) is 23.7. The summed E-state index contributed by atoms with van der Waals surface area (Å²) in [6.07, 6.45) is 12.7. The molecule has 1 aromatic heterocycles. The minimum Gasteiger partial charge on any atom is -0.229 e. The smallest absolute Gasteiger partial charge is 0.153 e. The van der Waals surface area contributed by atoms with E-state index in [0.717, 1.165) is 75.3 Å². The summed E-state index contributed by atoms with van der Waals surface area (Å²) < 4.78 is 26.1. The van der Waals surface area contributed by atoms with Crippen LogP contribution in [0.5, 0.6) is 0 Å². The maximum absolute atomic E-state index is 13.1. The zero-order valence-electron chi connectivity index (χ0n) is 22.1. The summed E-state index contributed by atoms with van der Waals surface area (Å²) >= 11 is 1.71. The second-order valence-electron chi connectivity index (χ2n) is 9.91. The zero-order chi connectivity index (χ0) is 25.5. The van der Waals surface area contributed by atoms with Crippen molar-refractivity contribution in [2.45, 2.75) is 115 Å². The van der Waals surface area contributed by atoms with Crippen LogP contribution in [0.4, 0.5) is 0 Å². The second-order valence-corrected chi connectivity index (χ2v) is 13.3. The Morgan fingerprint density at radius 3 is 2.26 bits per heavy atom. The average Bonchev–Trinajstić information content (AvgIpc) is 3.39. The molecule has 0 spiro atoms. The van der Waals surface area contributed by atoms with E-state index in [1.54, 1.807) is 11.3 Å². The number of nitriles is 1. The molecule has 194 valence electrons. The van der Waals surface area contributed by atoms with Gasteiger partial charge in [-0.25, -0.2) is 8.42 Å². The van der Waals surface area contributed by atoms with E-state index in [0.29, 0.717) is 5.75 Å². The molecule has 5 heteroatoms. The van der Waals surface area contributed by atoms with Crippen LogP contribution < -0.4 is 0 Å². The Labute approximate surface area is 218 Å². The number of unbranched alkanes of at least 4 members (excludes halogenated alkanes) is 7. The SMILES string of the molecule is CCCCCCCCS(=O)(=O)C(CCCC)CCCCC(C#N)c1cc(-c2cccs2)ccc1C. The van der Waals surface area contributed by atoms with E-state index in [9.17, 15) is 13.7 Å². The van der Waals surface area contributed by atoms with E-state index in [2.05, 4.69) is 62.6 Å². The molecule has 2 aromatic rings. The number of nitrogens with zero attached hydrogens (tertiary/aromatic N) is 1. The Balaban J connectivity index is 1.91. The molecule has 0 aliphatic rings. The van der Waals surface area contributed by atoms with Gasteiger partial charge in [-0.15, -0.1) is 11.3 Å². The lowest BCUT2D eigenvalue weighted by Crippen LogP contribution is -2.24. The standard InChI is InChI=1S/C30H45NO2S2/c1-4-6-8-9-10-13-22-35(32,33)28(16-7-5-2)17-12-11-15-27(24-31)29-23-26(20-19-25(29)3)30-18-14-21-34-30/h14,18-21,23,27-28H,4-13,15-17,22H2,1-3H3. The molecule has 1 heterocycles. The summed E-state index contributed by atoms with van der Waals surface area (Å²) in [7, 11) is -3.05. The van der Waals surface area contributed by atoms with Gasteiger partial charge in [-0.2, -0.15) is 5.26 Å². The van der Waals surface area contributed by atoms with Gasteiger partial charge in [0.1, 0.15) is 0 Å². The van der Waals surface area contributed by atoms with Crippen molar-refractivity contribution in [2.75, 3.05) is 5.75 Å². The van der Waals surface area contributed by atoms with Gasteiger partial charge in [0, 0.05) is 4.88 Å². The third kappa shape index (κ3) is 10.1. The fraction of sp³-hybridized carbons (Fsp3) is 0.633. The largest absolute Gasteiger partial charge is 0.229 e. The Hall–Kier alpha value is -1.64. The molecule has 0 N–H and O–H groups in total. The summed E-state index contributed by atoms with van der Waals surface area (Å²) in [5.41, 5.74) is 3.43. The van der Waals surface area contributed by atoms with E-state index < -0.39 is 9.84 Å². The maximum atomic E-state index is 13.1. The molecule has 35 heavy (non-hydrogen) atoms. The fourth-order valence-corrected chi connectivity index (χ4v) is 7.52. The molecule has 0 bridgehead atoms. The molecule has 0 saturated carbocycles. The van der Waals surface area contributed by atoms with Crippen LogP contribution in [0.1, 0.15) is 114 Å². The number of benzene rings is 1. The highest BCUT2D eigenvalue weighted by Crippen LogP contribution is 2.32. The van der Waals surface area contributed by atoms with Crippen molar-refractivity contribution in [3.05, 3.63) is 46.8 Å². The highest BCUT2D eigenvalue weighted by molar-refractivity contribution is 7.92. The first-order valence-corrected chi connectivity index (χ1v) is 16.3. The summed E-state index contributed by atoms with van der Waals surface area (Å²) in [6, 6.07) is 13.1. The summed E-state index contributed by atoms with van der Waals surface area (Å²) in [5, 5.41) is 11.8. The molecular weight excluding hydrogens is 470 g/mol. The predicted octanol–water partition coefficient (Wildman–Crippen LogP) is 9.23. The van der Waals surface area contributed by atoms with Crippen molar-refractivity contribution in [2.24, 2.45) is 0 Å². The number of aryl methyl sites for hydroxylation is 1. The second kappa shape index (κ2) is 16.2. The summed E-state index contributed by atoms with van der Waals surface area (Å²) in [6.45, 7) is 6.40. The van der Waals surface area contributed by atoms with Gasteiger partial charge in [-0.3, -0.25) is 0 Å². The van der Waals surface area contributed by atoms with Gasteiger partial charge in [0.2, 0.25) is 0 Å². The Bertz CT molecular complexity index is 990. The van der Waals surface area contributed by atoms with Gasteiger partial charge in [-0.1, -0.05) is 89.8 Å². The number of hydrogen-bond acceptors (Lipinski definition) is 4. The Morgan fingerprint density at radius 1 is 0.886 bits per heavy atom. The molecule has 0 amide bonds. The van der Waals surface area contributed by atoms with E-state index >= 15 is 0 Å². The van der Waals surface area contributed by atoms with Crippen molar-refractivity contribution in [1.29, 1.82) is 5.26 Å². The van der Waals surface area contributed by atoms with Gasteiger partial charge in [0.05, 0.1) is 23.0 Å². The molecule has 3 nitrogen and oxygen atoms in total. The van der Waals surface area contributed by atoms with Crippen LogP contribution in [-0.2, 0) is 9.84 Å². The van der Waals surface area contributed by atoms with E-state index in [1.807, 2.05) is 0 Å². The van der Waals surface area contributed by atoms with Gasteiger partial charge in [-0.05, 0) is 66.8 Å². The van der Waals surface area contributed by atoms with Crippen LogP contribution in [0, 0.1) is 18.3 Å². The van der Waals surface area contributed by atoms with Crippen LogP contribution in [0.3, 0.4) is 0 Å².